The van der Waals surface area contributed by atoms with Crippen molar-refractivity contribution in [1.29, 1.82) is 5.41 Å². The van der Waals surface area contributed by atoms with Crippen molar-refractivity contribution >= 4 is 34.6 Å². The molecule has 0 bridgehead atoms. The Morgan fingerprint density at radius 2 is 1.60 bits per heavy atom. The van der Waals surface area contributed by atoms with E-state index in [9.17, 15) is 9.59 Å². The highest BCUT2D eigenvalue weighted by molar-refractivity contribution is 6.30. The molecule has 206 valence electrons. The van der Waals surface area contributed by atoms with E-state index in [1.165, 1.54) is 0 Å². The van der Waals surface area contributed by atoms with Crippen molar-refractivity contribution in [1.82, 2.24) is 0 Å². The third-order valence-corrected chi connectivity index (χ3v) is 6.74. The van der Waals surface area contributed by atoms with Gasteiger partial charge in [0.15, 0.2) is 11.6 Å². The highest BCUT2D eigenvalue weighted by atomic mass is 35.5. The Hall–Kier alpha value is -3.89. The van der Waals surface area contributed by atoms with Crippen LogP contribution in [-0.2, 0) is 11.2 Å². The zero-order valence-electron chi connectivity index (χ0n) is 23.1. The van der Waals surface area contributed by atoms with Crippen molar-refractivity contribution in [2.45, 2.75) is 45.4 Å². The Morgan fingerprint density at radius 1 is 0.900 bits per heavy atom. The maximum absolute atomic E-state index is 13.2. The van der Waals surface area contributed by atoms with Gasteiger partial charge in [-0.3, -0.25) is 14.6 Å². The predicted molar refractivity (Wildman–Crippen MR) is 168 cm³/mol. The van der Waals surface area contributed by atoms with E-state index in [1.807, 2.05) is 110 Å². The number of nitrogens with zero attached hydrogens (tertiary/aromatic N) is 1. The topological polar surface area (TPSA) is 70.3 Å². The van der Waals surface area contributed by atoms with Gasteiger partial charge in [-0.15, -0.1) is 11.6 Å². The number of carbonyl (C=O) groups excluding carboxylic acids is 2. The molecule has 3 rings (SSSR count). The molecule has 5 heteroatoms. The summed E-state index contributed by atoms with van der Waals surface area (Å²) >= 11 is 5.95. The number of nitrogens with one attached hydrogen (secondary N) is 1. The summed E-state index contributed by atoms with van der Waals surface area (Å²) in [5.41, 5.74) is 5.61. The number of benzene rings is 3. The molecule has 0 fully saturated rings. The fourth-order valence-corrected chi connectivity index (χ4v) is 4.59. The molecule has 40 heavy (non-hydrogen) atoms. The van der Waals surface area contributed by atoms with Gasteiger partial charge in [0, 0.05) is 42.8 Å². The Kier molecular flexibility index (Phi) is 13.0. The number of Topliss-reactive ketones (excluding diaryl/α,β-unsaturated/α-hetero) is 2. The lowest BCUT2D eigenvalue weighted by atomic mass is 9.96. The van der Waals surface area contributed by atoms with Crippen LogP contribution in [0.2, 0.25) is 0 Å². The smallest absolute Gasteiger partial charge is 0.164 e. The molecule has 4 nitrogen and oxygen atoms in total. The fraction of sp³-hybridized carbons (Fsp3) is 0.257. The van der Waals surface area contributed by atoms with Gasteiger partial charge in [-0.05, 0) is 60.6 Å². The van der Waals surface area contributed by atoms with Crippen LogP contribution in [0.4, 0.5) is 0 Å². The molecule has 0 unspecified atom stereocenters. The SMILES string of the molecule is C/C=C/C(CCl)=NCCC/C(=C/CCC(=O)c1cccc(-c2ccccc2)c1)C(=O)CC(=N)Cc1ccccc1. The minimum Gasteiger partial charge on any atom is -0.309 e. The van der Waals surface area contributed by atoms with Crippen molar-refractivity contribution in [2.24, 2.45) is 4.99 Å². The van der Waals surface area contributed by atoms with E-state index >= 15 is 0 Å². The minimum absolute atomic E-state index is 0.0420. The van der Waals surface area contributed by atoms with Crippen molar-refractivity contribution in [3.63, 3.8) is 0 Å². The van der Waals surface area contributed by atoms with Crippen LogP contribution in [0.3, 0.4) is 0 Å². The first-order chi connectivity index (χ1) is 19.5. The summed E-state index contributed by atoms with van der Waals surface area (Å²) in [5.74, 6) is 0.325. The van der Waals surface area contributed by atoms with Crippen LogP contribution in [0.15, 0.2) is 114 Å². The average molecular weight is 553 g/mol. The lowest BCUT2D eigenvalue weighted by molar-refractivity contribution is -0.114. The Labute approximate surface area is 243 Å². The second kappa shape index (κ2) is 16.9. The van der Waals surface area contributed by atoms with Gasteiger partial charge < -0.3 is 5.41 Å². The molecule has 1 N–H and O–H groups in total. The van der Waals surface area contributed by atoms with Gasteiger partial charge >= 0.3 is 0 Å². The van der Waals surface area contributed by atoms with Crippen LogP contribution in [0, 0.1) is 5.41 Å². The van der Waals surface area contributed by atoms with Crippen LogP contribution in [0.25, 0.3) is 11.1 Å². The van der Waals surface area contributed by atoms with Gasteiger partial charge in [0.05, 0.1) is 5.88 Å². The first-order valence-electron chi connectivity index (χ1n) is 13.7. The number of allylic oxidation sites excluding steroid dienone is 4. The number of halogens is 1. The highest BCUT2D eigenvalue weighted by Crippen LogP contribution is 2.21. The van der Waals surface area contributed by atoms with Crippen molar-refractivity contribution in [2.75, 3.05) is 12.4 Å². The molecule has 0 amide bonds. The van der Waals surface area contributed by atoms with Crippen molar-refractivity contribution < 1.29 is 9.59 Å². The Morgan fingerprint density at radius 3 is 2.30 bits per heavy atom. The zero-order valence-corrected chi connectivity index (χ0v) is 23.9. The van der Waals surface area contributed by atoms with Gasteiger partial charge in [0.25, 0.3) is 0 Å². The summed E-state index contributed by atoms with van der Waals surface area (Å²) in [6.07, 6.45) is 8.21. The van der Waals surface area contributed by atoms with Crippen LogP contribution >= 0.6 is 11.6 Å². The summed E-state index contributed by atoms with van der Waals surface area (Å²) in [6.45, 7) is 2.48. The normalized spacial score (nSPS) is 12.1. The number of carbonyl (C=O) groups is 2. The molecule has 0 aromatic heterocycles. The zero-order chi connectivity index (χ0) is 28.6. The van der Waals surface area contributed by atoms with E-state index in [-0.39, 0.29) is 18.0 Å². The summed E-state index contributed by atoms with van der Waals surface area (Å²) in [6, 6.07) is 27.4. The lowest BCUT2D eigenvalue weighted by Gasteiger charge is -2.09. The van der Waals surface area contributed by atoms with Crippen LogP contribution in [-0.4, -0.2) is 35.4 Å². The van der Waals surface area contributed by atoms with Crippen molar-refractivity contribution in [3.8, 4) is 11.1 Å². The van der Waals surface area contributed by atoms with Crippen LogP contribution in [0.5, 0.6) is 0 Å². The molecule has 0 aliphatic rings. The second-order valence-corrected chi connectivity index (χ2v) is 9.88. The quantitative estimate of drug-likeness (QED) is 0.0636. The van der Waals surface area contributed by atoms with Gasteiger partial charge in [0.2, 0.25) is 0 Å². The number of alkyl halides is 1. The molecule has 0 saturated carbocycles. The monoisotopic (exact) mass is 552 g/mol. The maximum Gasteiger partial charge on any atom is 0.164 e. The lowest BCUT2D eigenvalue weighted by Crippen LogP contribution is -2.12. The number of hydrogen-bond acceptors (Lipinski definition) is 4. The summed E-state index contributed by atoms with van der Waals surface area (Å²) in [4.78, 5) is 30.7. The van der Waals surface area contributed by atoms with Gasteiger partial charge in [0.1, 0.15) is 0 Å². The predicted octanol–water partition coefficient (Wildman–Crippen LogP) is 8.50. The first-order valence-corrected chi connectivity index (χ1v) is 14.3. The first kappa shape index (κ1) is 30.6. The Bertz CT molecular complexity index is 1360. The standard InChI is InChI=1S/C35H37ClN2O2/c1-2-12-33(26-36)38-22-11-20-29(35(40)25-32(37)23-27-13-5-3-6-14-27)17-10-21-34(39)31-19-9-18-30(24-31)28-15-7-4-8-16-28/h2-9,12-19,24,37H,10-11,20-23,25-26H2,1H3/b12-2+,29-17-,37-32?,38-33?. The summed E-state index contributed by atoms with van der Waals surface area (Å²) in [5, 5.41) is 8.39. The van der Waals surface area contributed by atoms with E-state index in [2.05, 4.69) is 4.99 Å². The molecule has 3 aromatic carbocycles. The largest absolute Gasteiger partial charge is 0.309 e. The highest BCUT2D eigenvalue weighted by Gasteiger charge is 2.14. The molecule has 0 atom stereocenters. The molecular formula is C35H37ClN2O2. The summed E-state index contributed by atoms with van der Waals surface area (Å²) in [7, 11) is 0. The van der Waals surface area contributed by atoms with E-state index in [0.29, 0.717) is 61.4 Å². The molecular weight excluding hydrogens is 516 g/mol. The molecule has 0 aliphatic carbocycles. The second-order valence-electron chi connectivity index (χ2n) is 9.61. The van der Waals surface area contributed by atoms with E-state index in [1.54, 1.807) is 0 Å². The molecule has 0 heterocycles. The fourth-order valence-electron chi connectivity index (χ4n) is 4.42. The maximum atomic E-state index is 13.2. The molecule has 0 radical (unpaired) electrons. The van der Waals surface area contributed by atoms with Crippen molar-refractivity contribution in [3.05, 3.63) is 120 Å². The third kappa shape index (κ3) is 10.3. The Balaban J connectivity index is 1.65. The average Bonchev–Trinajstić information content (AvgIpc) is 2.98. The number of ketones is 2. The number of rotatable bonds is 16. The van der Waals surface area contributed by atoms with E-state index in [4.69, 9.17) is 17.0 Å². The van der Waals surface area contributed by atoms with Crippen LogP contribution < -0.4 is 0 Å². The molecule has 3 aromatic rings. The van der Waals surface area contributed by atoms with Crippen LogP contribution in [0.1, 0.15) is 54.9 Å². The minimum atomic E-state index is -0.0607. The van der Waals surface area contributed by atoms with E-state index < -0.39 is 0 Å². The summed E-state index contributed by atoms with van der Waals surface area (Å²) < 4.78 is 0. The molecule has 0 aliphatic heterocycles. The van der Waals surface area contributed by atoms with Gasteiger partial charge in [-0.25, -0.2) is 0 Å². The number of aliphatic imine (C=N–C) groups is 1. The third-order valence-electron chi connectivity index (χ3n) is 6.46. The molecule has 0 saturated heterocycles. The van der Waals surface area contributed by atoms with E-state index in [0.717, 1.165) is 22.4 Å². The molecule has 0 spiro atoms. The van der Waals surface area contributed by atoms with Gasteiger partial charge in [-0.2, -0.15) is 0 Å². The number of hydrogen-bond donors (Lipinski definition) is 1. The van der Waals surface area contributed by atoms with Gasteiger partial charge in [-0.1, -0.05) is 91.0 Å².